The number of hydrogen-bond acceptors (Lipinski definition) is 5. The predicted octanol–water partition coefficient (Wildman–Crippen LogP) is 0.254. The van der Waals surface area contributed by atoms with Gasteiger partial charge in [0.25, 0.3) is 5.69 Å². The minimum atomic E-state index is -3.98. The molecule has 0 aliphatic heterocycles. The maximum atomic E-state index is 11.7. The molecular formula is C9H12N2O5S. The molecule has 0 unspecified atom stereocenters. The van der Waals surface area contributed by atoms with Crippen LogP contribution in [0, 0.1) is 10.1 Å². The second-order valence-corrected chi connectivity index (χ2v) is 5.16. The Kier molecular flexibility index (Phi) is 4.16. The van der Waals surface area contributed by atoms with Gasteiger partial charge in [0.2, 0.25) is 10.0 Å². The van der Waals surface area contributed by atoms with Crippen LogP contribution in [0.5, 0.6) is 0 Å². The number of nitro groups is 1. The number of nitro benzene ring substituents is 1. The highest BCUT2D eigenvalue weighted by molar-refractivity contribution is 7.89. The van der Waals surface area contributed by atoms with Gasteiger partial charge in [-0.3, -0.25) is 10.1 Å². The lowest BCUT2D eigenvalue weighted by molar-refractivity contribution is -0.387. The van der Waals surface area contributed by atoms with E-state index in [1.165, 1.54) is 19.1 Å². The maximum Gasteiger partial charge on any atom is 0.289 e. The molecule has 17 heavy (non-hydrogen) atoms. The highest BCUT2D eigenvalue weighted by Crippen LogP contribution is 2.22. The summed E-state index contributed by atoms with van der Waals surface area (Å²) in [5.74, 6) is 0. The highest BCUT2D eigenvalue weighted by atomic mass is 32.2. The van der Waals surface area contributed by atoms with Gasteiger partial charge in [-0.15, -0.1) is 0 Å². The third-order valence-electron chi connectivity index (χ3n) is 1.92. The van der Waals surface area contributed by atoms with Crippen LogP contribution in [0.15, 0.2) is 29.2 Å². The Morgan fingerprint density at radius 2 is 2.06 bits per heavy atom. The van der Waals surface area contributed by atoms with E-state index in [0.717, 1.165) is 12.1 Å². The summed E-state index contributed by atoms with van der Waals surface area (Å²) in [5, 5.41) is 19.7. The van der Waals surface area contributed by atoms with E-state index in [9.17, 15) is 18.5 Å². The molecule has 1 aromatic carbocycles. The van der Waals surface area contributed by atoms with Crippen LogP contribution in [0.2, 0.25) is 0 Å². The summed E-state index contributed by atoms with van der Waals surface area (Å²) >= 11 is 0. The summed E-state index contributed by atoms with van der Waals surface area (Å²) in [6.45, 7) is 1.20. The van der Waals surface area contributed by atoms with Crippen LogP contribution in [0.3, 0.4) is 0 Å². The standard InChI is InChI=1S/C9H12N2O5S/c1-7(12)6-10-17(15,16)9-5-3-2-4-8(9)11(13)14/h2-5,7,10,12H,6H2,1H3/t7-/m0/s1. The Bertz CT molecular complexity index is 512. The van der Waals surface area contributed by atoms with Crippen molar-refractivity contribution in [1.29, 1.82) is 0 Å². The zero-order valence-corrected chi connectivity index (χ0v) is 9.85. The Labute approximate surface area is 98.3 Å². The summed E-state index contributed by atoms with van der Waals surface area (Å²) in [5.41, 5.74) is -0.495. The van der Waals surface area contributed by atoms with E-state index >= 15 is 0 Å². The number of aliphatic hydroxyl groups is 1. The van der Waals surface area contributed by atoms with Gasteiger partial charge in [-0.2, -0.15) is 0 Å². The highest BCUT2D eigenvalue weighted by Gasteiger charge is 2.24. The second kappa shape index (κ2) is 5.21. The van der Waals surface area contributed by atoms with Crippen molar-refractivity contribution in [2.75, 3.05) is 6.54 Å². The minimum absolute atomic E-state index is 0.200. The van der Waals surface area contributed by atoms with E-state index in [2.05, 4.69) is 4.72 Å². The van der Waals surface area contributed by atoms with Crippen molar-refractivity contribution in [3.63, 3.8) is 0 Å². The molecule has 0 saturated heterocycles. The van der Waals surface area contributed by atoms with Gasteiger partial charge in [-0.25, -0.2) is 13.1 Å². The Hall–Kier alpha value is -1.51. The number of para-hydroxylation sites is 1. The number of nitrogens with zero attached hydrogens (tertiary/aromatic N) is 1. The first-order valence-corrected chi connectivity index (χ1v) is 6.24. The molecule has 0 spiro atoms. The van der Waals surface area contributed by atoms with Crippen molar-refractivity contribution in [2.24, 2.45) is 0 Å². The van der Waals surface area contributed by atoms with Gasteiger partial charge in [-0.1, -0.05) is 12.1 Å². The van der Waals surface area contributed by atoms with Crippen molar-refractivity contribution < 1.29 is 18.4 Å². The Morgan fingerprint density at radius 1 is 1.47 bits per heavy atom. The Balaban J connectivity index is 3.11. The molecule has 0 fully saturated rings. The van der Waals surface area contributed by atoms with Crippen molar-refractivity contribution in [2.45, 2.75) is 17.9 Å². The molecule has 0 bridgehead atoms. The molecule has 1 atom stereocenters. The summed E-state index contributed by atoms with van der Waals surface area (Å²) < 4.78 is 25.6. The number of aliphatic hydroxyl groups excluding tert-OH is 1. The van der Waals surface area contributed by atoms with Gasteiger partial charge < -0.3 is 5.11 Å². The zero-order valence-electron chi connectivity index (χ0n) is 9.03. The van der Waals surface area contributed by atoms with Gasteiger partial charge in [0.05, 0.1) is 11.0 Å². The van der Waals surface area contributed by atoms with Crippen LogP contribution < -0.4 is 4.72 Å². The molecule has 0 heterocycles. The molecule has 0 aromatic heterocycles. The lowest BCUT2D eigenvalue weighted by atomic mass is 10.3. The number of nitrogens with one attached hydrogen (secondary N) is 1. The summed E-state index contributed by atoms with van der Waals surface area (Å²) in [4.78, 5) is 9.49. The van der Waals surface area contributed by atoms with Crippen LogP contribution >= 0.6 is 0 Å². The van der Waals surface area contributed by atoms with E-state index in [-0.39, 0.29) is 6.54 Å². The van der Waals surface area contributed by atoms with Crippen molar-refractivity contribution >= 4 is 15.7 Å². The molecule has 0 saturated carbocycles. The van der Waals surface area contributed by atoms with Crippen molar-refractivity contribution in [3.05, 3.63) is 34.4 Å². The first-order valence-electron chi connectivity index (χ1n) is 4.76. The minimum Gasteiger partial charge on any atom is -0.392 e. The van der Waals surface area contributed by atoms with Crippen LogP contribution in [-0.2, 0) is 10.0 Å². The van der Waals surface area contributed by atoms with E-state index in [1.54, 1.807) is 0 Å². The average Bonchev–Trinajstić information content (AvgIpc) is 2.26. The molecular weight excluding hydrogens is 248 g/mol. The molecule has 2 N–H and O–H groups in total. The predicted molar refractivity (Wildman–Crippen MR) is 60.0 cm³/mol. The van der Waals surface area contributed by atoms with E-state index in [1.807, 2.05) is 0 Å². The van der Waals surface area contributed by atoms with Crippen molar-refractivity contribution in [3.8, 4) is 0 Å². The maximum absolute atomic E-state index is 11.7. The molecule has 0 amide bonds. The molecule has 0 aliphatic carbocycles. The normalized spacial score (nSPS) is 13.3. The van der Waals surface area contributed by atoms with Crippen LogP contribution in [0.4, 0.5) is 5.69 Å². The van der Waals surface area contributed by atoms with Crippen LogP contribution in [0.1, 0.15) is 6.92 Å². The zero-order chi connectivity index (χ0) is 13.1. The molecule has 1 rings (SSSR count). The first-order chi connectivity index (χ1) is 7.84. The average molecular weight is 260 g/mol. The van der Waals surface area contributed by atoms with E-state index in [4.69, 9.17) is 5.11 Å². The van der Waals surface area contributed by atoms with Gasteiger partial charge in [0.15, 0.2) is 4.90 Å². The quantitative estimate of drug-likeness (QED) is 0.582. The fraction of sp³-hybridized carbons (Fsp3) is 0.333. The SMILES string of the molecule is C[C@H](O)CNS(=O)(=O)c1ccccc1[N+](=O)[O-]. The topological polar surface area (TPSA) is 110 Å². The number of sulfonamides is 1. The fourth-order valence-electron chi connectivity index (χ4n) is 1.14. The monoisotopic (exact) mass is 260 g/mol. The summed E-state index contributed by atoms with van der Waals surface area (Å²) in [6.07, 6.45) is -0.868. The van der Waals surface area contributed by atoms with E-state index in [0.29, 0.717) is 0 Å². The van der Waals surface area contributed by atoms with Crippen LogP contribution in [0.25, 0.3) is 0 Å². The summed E-state index contributed by atoms with van der Waals surface area (Å²) in [6, 6.07) is 5.02. The lowest BCUT2D eigenvalue weighted by Gasteiger charge is -2.08. The van der Waals surface area contributed by atoms with Gasteiger partial charge >= 0.3 is 0 Å². The lowest BCUT2D eigenvalue weighted by Crippen LogP contribution is -2.31. The van der Waals surface area contributed by atoms with Gasteiger partial charge in [-0.05, 0) is 13.0 Å². The Morgan fingerprint density at radius 3 is 2.59 bits per heavy atom. The summed E-state index contributed by atoms with van der Waals surface area (Å²) in [7, 11) is -3.98. The molecule has 8 heteroatoms. The van der Waals surface area contributed by atoms with Crippen LogP contribution in [-0.4, -0.2) is 31.1 Å². The second-order valence-electron chi connectivity index (χ2n) is 3.43. The molecule has 0 aliphatic rings. The van der Waals surface area contributed by atoms with E-state index < -0.39 is 31.6 Å². The largest absolute Gasteiger partial charge is 0.392 e. The number of benzene rings is 1. The first kappa shape index (κ1) is 13.6. The molecule has 0 radical (unpaired) electrons. The fourth-order valence-corrected chi connectivity index (χ4v) is 2.44. The van der Waals surface area contributed by atoms with Gasteiger partial charge in [0, 0.05) is 12.6 Å². The number of hydrogen-bond donors (Lipinski definition) is 2. The smallest absolute Gasteiger partial charge is 0.289 e. The number of rotatable bonds is 5. The third-order valence-corrected chi connectivity index (χ3v) is 3.39. The van der Waals surface area contributed by atoms with Gasteiger partial charge in [0.1, 0.15) is 0 Å². The molecule has 94 valence electrons. The van der Waals surface area contributed by atoms with Crippen molar-refractivity contribution in [1.82, 2.24) is 4.72 Å². The molecule has 7 nitrogen and oxygen atoms in total. The molecule has 1 aromatic rings. The third kappa shape index (κ3) is 3.48.